The lowest BCUT2D eigenvalue weighted by molar-refractivity contribution is -0.116. The molecule has 9 heteroatoms. The summed E-state index contributed by atoms with van der Waals surface area (Å²) in [5, 5.41) is 7.25. The van der Waals surface area contributed by atoms with E-state index in [2.05, 4.69) is 10.4 Å². The summed E-state index contributed by atoms with van der Waals surface area (Å²) in [5.41, 5.74) is 1.79. The van der Waals surface area contributed by atoms with Crippen LogP contribution >= 0.6 is 11.3 Å². The lowest BCUT2D eigenvalue weighted by atomic mass is 9.95. The van der Waals surface area contributed by atoms with Gasteiger partial charge in [0.15, 0.2) is 0 Å². The fraction of sp³-hybridized carbons (Fsp3) is 0.571. The number of aromatic nitrogens is 2. The van der Waals surface area contributed by atoms with Crippen molar-refractivity contribution < 1.29 is 23.1 Å². The van der Waals surface area contributed by atoms with Crippen molar-refractivity contribution in [2.45, 2.75) is 70.8 Å². The number of hydrogen-bond acceptors (Lipinski definition) is 5. The molecule has 4 rings (SSSR count). The summed E-state index contributed by atoms with van der Waals surface area (Å²) in [7, 11) is 0. The summed E-state index contributed by atoms with van der Waals surface area (Å²) in [6.45, 7) is 2.09. The van der Waals surface area contributed by atoms with Crippen LogP contribution < -0.4 is 5.32 Å². The van der Waals surface area contributed by atoms with Gasteiger partial charge in [0.05, 0.1) is 12.2 Å². The van der Waals surface area contributed by atoms with E-state index in [4.69, 9.17) is 4.74 Å². The zero-order valence-electron chi connectivity index (χ0n) is 16.9. The van der Waals surface area contributed by atoms with Crippen molar-refractivity contribution in [3.8, 4) is 0 Å². The maximum Gasteiger partial charge on any atom is 0.341 e. The predicted octanol–water partition coefficient (Wildman–Crippen LogP) is 4.84. The molecular formula is C21H25F2N3O3S. The van der Waals surface area contributed by atoms with Crippen LogP contribution in [0.1, 0.15) is 83.6 Å². The Balaban J connectivity index is 1.55. The minimum absolute atomic E-state index is 0.162. The molecule has 1 amide bonds. The number of esters is 1. The first-order valence-electron chi connectivity index (χ1n) is 10.4. The first-order chi connectivity index (χ1) is 14.5. The molecule has 2 heterocycles. The highest BCUT2D eigenvalue weighted by Gasteiger charge is 2.31. The van der Waals surface area contributed by atoms with E-state index in [1.807, 2.05) is 6.92 Å². The van der Waals surface area contributed by atoms with E-state index in [1.165, 1.54) is 22.1 Å². The summed E-state index contributed by atoms with van der Waals surface area (Å²) in [6.07, 6.45) is 3.61. The molecule has 0 saturated heterocycles. The van der Waals surface area contributed by atoms with Crippen LogP contribution in [-0.4, -0.2) is 28.3 Å². The van der Waals surface area contributed by atoms with Crippen LogP contribution in [0.25, 0.3) is 0 Å². The van der Waals surface area contributed by atoms with E-state index in [9.17, 15) is 18.4 Å². The fourth-order valence-corrected chi connectivity index (χ4v) is 5.13. The number of carbonyl (C=O) groups excluding carboxylic acids is 2. The molecule has 0 bridgehead atoms. The van der Waals surface area contributed by atoms with Crippen LogP contribution in [0, 0.1) is 0 Å². The summed E-state index contributed by atoms with van der Waals surface area (Å²) in [5.74, 6) is -0.611. The molecule has 1 N–H and O–H groups in total. The smallest absolute Gasteiger partial charge is 0.341 e. The van der Waals surface area contributed by atoms with E-state index in [-0.39, 0.29) is 24.1 Å². The topological polar surface area (TPSA) is 73.2 Å². The number of rotatable bonds is 8. The van der Waals surface area contributed by atoms with Crippen LogP contribution in [-0.2, 0) is 28.9 Å². The molecule has 0 unspecified atom stereocenters. The van der Waals surface area contributed by atoms with Crippen LogP contribution in [0.15, 0.2) is 6.07 Å². The Kier molecular flexibility index (Phi) is 6.17. The monoisotopic (exact) mass is 437 g/mol. The number of fused-ring (bicyclic) bond motifs is 1. The van der Waals surface area contributed by atoms with Gasteiger partial charge in [-0.15, -0.1) is 11.3 Å². The summed E-state index contributed by atoms with van der Waals surface area (Å²) < 4.78 is 32.9. The van der Waals surface area contributed by atoms with Gasteiger partial charge in [0.25, 0.3) is 6.43 Å². The molecule has 30 heavy (non-hydrogen) atoms. The van der Waals surface area contributed by atoms with Gasteiger partial charge in [0, 0.05) is 16.5 Å². The van der Waals surface area contributed by atoms with Gasteiger partial charge in [-0.25, -0.2) is 13.6 Å². The molecule has 0 aromatic carbocycles. The number of thiophene rings is 1. The van der Waals surface area contributed by atoms with Gasteiger partial charge >= 0.3 is 5.97 Å². The Hall–Kier alpha value is -2.29. The summed E-state index contributed by atoms with van der Waals surface area (Å²) in [6, 6.07) is 1.40. The third kappa shape index (κ3) is 4.40. The normalized spacial score (nSPS) is 15.9. The molecular weight excluding hydrogens is 412 g/mol. The zero-order chi connectivity index (χ0) is 21.3. The number of ether oxygens (including phenoxy) is 1. The van der Waals surface area contributed by atoms with Crippen molar-refractivity contribution >= 4 is 28.2 Å². The van der Waals surface area contributed by atoms with Crippen molar-refractivity contribution in [2.24, 2.45) is 0 Å². The second-order valence-corrected chi connectivity index (χ2v) is 8.93. The maximum atomic E-state index is 13.1. The highest BCUT2D eigenvalue weighted by molar-refractivity contribution is 7.17. The first-order valence-corrected chi connectivity index (χ1v) is 11.3. The second-order valence-electron chi connectivity index (χ2n) is 7.83. The molecule has 0 aliphatic heterocycles. The number of halogens is 2. The van der Waals surface area contributed by atoms with Crippen molar-refractivity contribution in [2.75, 3.05) is 11.9 Å². The minimum atomic E-state index is -2.67. The van der Waals surface area contributed by atoms with Crippen molar-refractivity contribution in [1.29, 1.82) is 0 Å². The highest BCUT2D eigenvalue weighted by atomic mass is 32.1. The molecule has 2 aliphatic rings. The third-order valence-electron chi connectivity index (χ3n) is 5.41. The first kappa shape index (κ1) is 21.0. The van der Waals surface area contributed by atoms with Crippen molar-refractivity contribution in [3.63, 3.8) is 0 Å². The zero-order valence-corrected chi connectivity index (χ0v) is 17.7. The molecule has 0 radical (unpaired) electrons. The van der Waals surface area contributed by atoms with Crippen LogP contribution in [0.3, 0.4) is 0 Å². The highest BCUT2D eigenvalue weighted by Crippen LogP contribution is 2.41. The van der Waals surface area contributed by atoms with Gasteiger partial charge in [-0.2, -0.15) is 5.10 Å². The van der Waals surface area contributed by atoms with Crippen LogP contribution in [0.5, 0.6) is 0 Å². The molecule has 2 aliphatic carbocycles. The minimum Gasteiger partial charge on any atom is -0.462 e. The Morgan fingerprint density at radius 2 is 2.10 bits per heavy atom. The standard InChI is InChI=1S/C21H25F2N3O3S/c1-2-9-29-21(28)18-13-5-3-4-6-16(13)30-20(18)24-17(27)11-26-15(12-7-8-12)10-14(25-26)19(22)23/h10,12,19H,2-9,11H2,1H3,(H,24,27). The van der Waals surface area contributed by atoms with Gasteiger partial charge in [-0.3, -0.25) is 9.48 Å². The average molecular weight is 438 g/mol. The van der Waals surface area contributed by atoms with Gasteiger partial charge in [0.2, 0.25) is 5.91 Å². The Morgan fingerprint density at radius 3 is 2.80 bits per heavy atom. The van der Waals surface area contributed by atoms with E-state index in [0.717, 1.165) is 55.4 Å². The van der Waals surface area contributed by atoms with Crippen molar-refractivity contribution in [3.05, 3.63) is 33.5 Å². The van der Waals surface area contributed by atoms with E-state index in [0.29, 0.717) is 22.9 Å². The van der Waals surface area contributed by atoms with Gasteiger partial charge in [-0.1, -0.05) is 6.92 Å². The predicted molar refractivity (Wildman–Crippen MR) is 109 cm³/mol. The number of hydrogen-bond donors (Lipinski definition) is 1. The Morgan fingerprint density at radius 1 is 1.33 bits per heavy atom. The quantitative estimate of drug-likeness (QED) is 0.600. The molecule has 1 saturated carbocycles. The molecule has 6 nitrogen and oxygen atoms in total. The van der Waals surface area contributed by atoms with E-state index >= 15 is 0 Å². The second kappa shape index (κ2) is 8.83. The molecule has 2 aromatic heterocycles. The third-order valence-corrected chi connectivity index (χ3v) is 6.62. The number of nitrogens with one attached hydrogen (secondary N) is 1. The number of alkyl halides is 2. The summed E-state index contributed by atoms with van der Waals surface area (Å²) in [4.78, 5) is 26.5. The van der Waals surface area contributed by atoms with E-state index < -0.39 is 12.4 Å². The van der Waals surface area contributed by atoms with Gasteiger partial charge in [0.1, 0.15) is 17.2 Å². The molecule has 1 fully saturated rings. The van der Waals surface area contributed by atoms with Crippen molar-refractivity contribution in [1.82, 2.24) is 9.78 Å². The van der Waals surface area contributed by atoms with Gasteiger partial charge < -0.3 is 10.1 Å². The molecule has 0 atom stereocenters. The number of aryl methyl sites for hydroxylation is 1. The lowest BCUT2D eigenvalue weighted by Crippen LogP contribution is -2.22. The number of carbonyl (C=O) groups is 2. The SMILES string of the molecule is CCCOC(=O)c1c(NC(=O)Cn2nc(C(F)F)cc2C2CC2)sc2c1CCCC2. The van der Waals surface area contributed by atoms with Crippen LogP contribution in [0.4, 0.5) is 13.8 Å². The molecule has 2 aromatic rings. The average Bonchev–Trinajstić information content (AvgIpc) is 3.37. The molecule has 162 valence electrons. The largest absolute Gasteiger partial charge is 0.462 e. The van der Waals surface area contributed by atoms with E-state index in [1.54, 1.807) is 0 Å². The number of amides is 1. The number of nitrogens with zero attached hydrogens (tertiary/aromatic N) is 2. The molecule has 0 spiro atoms. The maximum absolute atomic E-state index is 13.1. The van der Waals surface area contributed by atoms with Gasteiger partial charge in [-0.05, 0) is 56.6 Å². The lowest BCUT2D eigenvalue weighted by Gasteiger charge is -2.13. The fourth-order valence-electron chi connectivity index (χ4n) is 3.83. The Bertz CT molecular complexity index is 950. The Labute approximate surface area is 177 Å². The van der Waals surface area contributed by atoms with Crippen LogP contribution in [0.2, 0.25) is 0 Å². The summed E-state index contributed by atoms with van der Waals surface area (Å²) >= 11 is 1.41. The number of anilines is 1.